The van der Waals surface area contributed by atoms with Crippen molar-refractivity contribution in [3.05, 3.63) is 95.9 Å². The second kappa shape index (κ2) is 9.15. The van der Waals surface area contributed by atoms with Crippen LogP contribution in [0, 0.1) is 0 Å². The average Bonchev–Trinajstić information content (AvgIpc) is 3.27. The quantitative estimate of drug-likeness (QED) is 0.322. The lowest BCUT2D eigenvalue weighted by molar-refractivity contribution is 0.0561. The van der Waals surface area contributed by atoms with Crippen LogP contribution in [-0.4, -0.2) is 13.1 Å². The van der Waals surface area contributed by atoms with E-state index < -0.39 is 5.97 Å². The topological polar surface area (TPSA) is 72.7 Å². The Morgan fingerprint density at radius 1 is 0.933 bits per heavy atom. The SMILES string of the molecule is COC(=O)c1ccc(COc2ccc3ccccc3c2CNNc2ccccc2)o1. The summed E-state index contributed by atoms with van der Waals surface area (Å²) in [7, 11) is 1.32. The number of ether oxygens (including phenoxy) is 2. The highest BCUT2D eigenvalue weighted by Gasteiger charge is 2.13. The van der Waals surface area contributed by atoms with E-state index in [0.29, 0.717) is 12.3 Å². The van der Waals surface area contributed by atoms with Gasteiger partial charge in [-0.05, 0) is 41.1 Å². The number of carbonyl (C=O) groups excluding carboxylic acids is 1. The molecule has 0 atom stereocenters. The zero-order valence-corrected chi connectivity index (χ0v) is 16.6. The number of anilines is 1. The van der Waals surface area contributed by atoms with Crippen molar-refractivity contribution in [2.24, 2.45) is 0 Å². The fourth-order valence-corrected chi connectivity index (χ4v) is 3.20. The highest BCUT2D eigenvalue weighted by atomic mass is 16.5. The number of fused-ring (bicyclic) bond motifs is 1. The summed E-state index contributed by atoms with van der Waals surface area (Å²) in [6, 6.07) is 25.3. The molecule has 2 N–H and O–H groups in total. The Bertz CT molecular complexity index is 1140. The van der Waals surface area contributed by atoms with E-state index in [0.717, 1.165) is 27.8 Å². The van der Waals surface area contributed by atoms with Crippen molar-refractivity contribution in [2.45, 2.75) is 13.2 Å². The lowest BCUT2D eigenvalue weighted by Gasteiger charge is -2.15. The molecule has 4 rings (SSSR count). The van der Waals surface area contributed by atoms with E-state index >= 15 is 0 Å². The maximum absolute atomic E-state index is 11.6. The summed E-state index contributed by atoms with van der Waals surface area (Å²) < 4.78 is 16.2. The fourth-order valence-electron chi connectivity index (χ4n) is 3.20. The van der Waals surface area contributed by atoms with E-state index in [2.05, 4.69) is 27.7 Å². The predicted molar refractivity (Wildman–Crippen MR) is 115 cm³/mol. The van der Waals surface area contributed by atoms with Crippen LogP contribution in [0.1, 0.15) is 21.9 Å². The molecule has 3 aromatic carbocycles. The molecule has 6 heteroatoms. The smallest absolute Gasteiger partial charge is 0.373 e. The van der Waals surface area contributed by atoms with Gasteiger partial charge in [-0.1, -0.05) is 48.5 Å². The third kappa shape index (κ3) is 4.45. The van der Waals surface area contributed by atoms with Crippen LogP contribution in [0.3, 0.4) is 0 Å². The van der Waals surface area contributed by atoms with Gasteiger partial charge in [0.2, 0.25) is 5.76 Å². The van der Waals surface area contributed by atoms with Crippen LogP contribution in [0.5, 0.6) is 5.75 Å². The molecule has 4 aromatic rings. The number of hydrogen-bond donors (Lipinski definition) is 2. The maximum Gasteiger partial charge on any atom is 0.373 e. The minimum atomic E-state index is -0.510. The lowest BCUT2D eigenvalue weighted by Crippen LogP contribution is -2.21. The average molecular weight is 402 g/mol. The number of carbonyl (C=O) groups is 1. The largest absolute Gasteiger partial charge is 0.485 e. The van der Waals surface area contributed by atoms with Crippen LogP contribution in [0.2, 0.25) is 0 Å². The molecule has 0 unspecified atom stereocenters. The number of nitrogens with one attached hydrogen (secondary N) is 2. The zero-order chi connectivity index (χ0) is 20.8. The number of methoxy groups -OCH3 is 1. The molecular weight excluding hydrogens is 380 g/mol. The van der Waals surface area contributed by atoms with Crippen LogP contribution < -0.4 is 15.6 Å². The van der Waals surface area contributed by atoms with Gasteiger partial charge in [0, 0.05) is 17.8 Å². The van der Waals surface area contributed by atoms with Gasteiger partial charge in [-0.2, -0.15) is 0 Å². The number of rotatable bonds is 8. The van der Waals surface area contributed by atoms with E-state index in [4.69, 9.17) is 9.15 Å². The van der Waals surface area contributed by atoms with Crippen LogP contribution in [0.4, 0.5) is 5.69 Å². The highest BCUT2D eigenvalue weighted by Crippen LogP contribution is 2.29. The molecule has 0 radical (unpaired) electrons. The summed E-state index contributed by atoms with van der Waals surface area (Å²) in [5.41, 5.74) is 8.47. The van der Waals surface area contributed by atoms with Gasteiger partial charge in [-0.15, -0.1) is 0 Å². The number of esters is 1. The summed E-state index contributed by atoms with van der Waals surface area (Å²) in [6.45, 7) is 0.756. The van der Waals surface area contributed by atoms with E-state index in [-0.39, 0.29) is 12.4 Å². The van der Waals surface area contributed by atoms with Gasteiger partial charge in [0.25, 0.3) is 0 Å². The van der Waals surface area contributed by atoms with Gasteiger partial charge in [-0.25, -0.2) is 10.2 Å². The molecule has 152 valence electrons. The predicted octanol–water partition coefficient (Wildman–Crippen LogP) is 4.92. The van der Waals surface area contributed by atoms with E-state index in [1.807, 2.05) is 54.6 Å². The van der Waals surface area contributed by atoms with Crippen molar-refractivity contribution in [1.29, 1.82) is 0 Å². The van der Waals surface area contributed by atoms with Crippen molar-refractivity contribution in [2.75, 3.05) is 12.5 Å². The van der Waals surface area contributed by atoms with Crippen LogP contribution in [0.25, 0.3) is 10.8 Å². The second-order valence-electron chi connectivity index (χ2n) is 6.65. The third-order valence-electron chi connectivity index (χ3n) is 4.69. The molecule has 0 saturated carbocycles. The first-order valence-corrected chi connectivity index (χ1v) is 9.59. The van der Waals surface area contributed by atoms with Crippen molar-refractivity contribution >= 4 is 22.4 Å². The maximum atomic E-state index is 11.6. The number of hydrogen-bond acceptors (Lipinski definition) is 6. The fraction of sp³-hybridized carbons (Fsp3) is 0.125. The van der Waals surface area contributed by atoms with Gasteiger partial charge < -0.3 is 19.3 Å². The minimum absolute atomic E-state index is 0.156. The van der Waals surface area contributed by atoms with Crippen LogP contribution in [-0.2, 0) is 17.9 Å². The van der Waals surface area contributed by atoms with E-state index in [9.17, 15) is 4.79 Å². The first kappa shape index (κ1) is 19.5. The molecule has 0 spiro atoms. The summed E-state index contributed by atoms with van der Waals surface area (Å²) in [6.07, 6.45) is 0. The Balaban J connectivity index is 1.52. The molecular formula is C24H22N2O4. The Hall–Kier alpha value is -3.77. The third-order valence-corrected chi connectivity index (χ3v) is 4.69. The lowest BCUT2D eigenvalue weighted by atomic mass is 10.0. The number of benzene rings is 3. The molecule has 0 aliphatic carbocycles. The molecule has 0 aliphatic rings. The highest BCUT2D eigenvalue weighted by molar-refractivity contribution is 5.88. The Morgan fingerprint density at radius 3 is 2.57 bits per heavy atom. The van der Waals surface area contributed by atoms with Crippen LogP contribution in [0.15, 0.2) is 83.3 Å². The van der Waals surface area contributed by atoms with Crippen molar-refractivity contribution in [1.82, 2.24) is 5.43 Å². The van der Waals surface area contributed by atoms with Gasteiger partial charge >= 0.3 is 5.97 Å². The normalized spacial score (nSPS) is 10.7. The molecule has 30 heavy (non-hydrogen) atoms. The standard InChI is InChI=1S/C24H22N2O4/c1-28-24(27)23-14-12-19(30-23)16-29-22-13-11-17-7-5-6-10-20(17)21(22)15-25-26-18-8-3-2-4-9-18/h2-14,25-26H,15-16H2,1H3. The molecule has 1 aromatic heterocycles. The molecule has 0 aliphatic heterocycles. The first-order valence-electron chi connectivity index (χ1n) is 9.59. The molecule has 6 nitrogen and oxygen atoms in total. The van der Waals surface area contributed by atoms with E-state index in [1.165, 1.54) is 7.11 Å². The summed E-state index contributed by atoms with van der Waals surface area (Å²) >= 11 is 0. The van der Waals surface area contributed by atoms with Gasteiger partial charge in [0.05, 0.1) is 7.11 Å². The van der Waals surface area contributed by atoms with E-state index in [1.54, 1.807) is 12.1 Å². The number of hydrazine groups is 1. The Kier molecular flexibility index (Phi) is 5.96. The minimum Gasteiger partial charge on any atom is -0.485 e. The number of para-hydroxylation sites is 1. The van der Waals surface area contributed by atoms with Gasteiger partial charge in [-0.3, -0.25) is 0 Å². The summed E-state index contributed by atoms with van der Waals surface area (Å²) in [5, 5.41) is 2.24. The Morgan fingerprint density at radius 2 is 1.73 bits per heavy atom. The van der Waals surface area contributed by atoms with Crippen LogP contribution >= 0.6 is 0 Å². The molecule has 1 heterocycles. The zero-order valence-electron chi connectivity index (χ0n) is 16.6. The molecule has 0 amide bonds. The summed E-state index contributed by atoms with van der Waals surface area (Å²) in [5.74, 6) is 0.935. The second-order valence-corrected chi connectivity index (χ2v) is 6.65. The Labute approximate surface area is 174 Å². The molecule has 0 fully saturated rings. The van der Waals surface area contributed by atoms with Crippen molar-refractivity contribution in [3.8, 4) is 5.75 Å². The molecule has 0 saturated heterocycles. The van der Waals surface area contributed by atoms with Gasteiger partial charge in [0.1, 0.15) is 18.1 Å². The summed E-state index contributed by atoms with van der Waals surface area (Å²) in [4.78, 5) is 11.6. The van der Waals surface area contributed by atoms with Crippen molar-refractivity contribution in [3.63, 3.8) is 0 Å². The monoisotopic (exact) mass is 402 g/mol. The number of furan rings is 1. The van der Waals surface area contributed by atoms with Crippen molar-refractivity contribution < 1.29 is 18.7 Å². The van der Waals surface area contributed by atoms with Gasteiger partial charge in [0.15, 0.2) is 0 Å². The first-order chi connectivity index (χ1) is 14.7. The molecule has 0 bridgehead atoms.